The van der Waals surface area contributed by atoms with E-state index < -0.39 is 0 Å². The molecule has 1 aromatic rings. The minimum absolute atomic E-state index is 0.624. The van der Waals surface area contributed by atoms with Crippen molar-refractivity contribution >= 4 is 5.71 Å². The second-order valence-electron chi connectivity index (χ2n) is 5.78. The zero-order valence-electron chi connectivity index (χ0n) is 11.9. The van der Waals surface area contributed by atoms with E-state index in [0.717, 1.165) is 13.1 Å². The lowest BCUT2D eigenvalue weighted by molar-refractivity contribution is 0.225. The third-order valence-corrected chi connectivity index (χ3v) is 4.40. The van der Waals surface area contributed by atoms with Crippen molar-refractivity contribution in [2.24, 2.45) is 4.99 Å². The van der Waals surface area contributed by atoms with Crippen LogP contribution in [0.2, 0.25) is 0 Å². The van der Waals surface area contributed by atoms with Crippen molar-refractivity contribution in [1.82, 2.24) is 4.90 Å². The van der Waals surface area contributed by atoms with E-state index in [1.54, 1.807) is 11.1 Å². The largest absolute Gasteiger partial charge is 0.293 e. The summed E-state index contributed by atoms with van der Waals surface area (Å²) in [5.41, 5.74) is 4.55. The molecule has 1 aliphatic carbocycles. The molecule has 2 heteroatoms. The van der Waals surface area contributed by atoms with Gasteiger partial charge in [0.1, 0.15) is 0 Å². The summed E-state index contributed by atoms with van der Waals surface area (Å²) in [6.45, 7) is 5.62. The van der Waals surface area contributed by atoms with Crippen LogP contribution in [0.4, 0.5) is 0 Å². The molecular formula is C17H24N2. The number of benzene rings is 1. The first-order valence-corrected chi connectivity index (χ1v) is 7.72. The molecule has 0 fully saturated rings. The van der Waals surface area contributed by atoms with Crippen LogP contribution in [0.1, 0.15) is 49.8 Å². The molecule has 0 radical (unpaired) electrons. The van der Waals surface area contributed by atoms with Gasteiger partial charge in [-0.15, -0.1) is 0 Å². The van der Waals surface area contributed by atoms with Crippen LogP contribution in [-0.2, 0) is 6.42 Å². The van der Waals surface area contributed by atoms with Gasteiger partial charge >= 0.3 is 0 Å². The fourth-order valence-corrected chi connectivity index (χ4v) is 3.51. The molecule has 0 spiro atoms. The maximum atomic E-state index is 4.66. The molecule has 1 unspecified atom stereocenters. The number of rotatable bonds is 5. The van der Waals surface area contributed by atoms with Gasteiger partial charge in [0.05, 0.1) is 0 Å². The van der Waals surface area contributed by atoms with E-state index in [9.17, 15) is 0 Å². The van der Waals surface area contributed by atoms with Gasteiger partial charge in [-0.05, 0) is 49.8 Å². The van der Waals surface area contributed by atoms with E-state index >= 15 is 0 Å². The predicted molar refractivity (Wildman–Crippen MR) is 80.9 cm³/mol. The van der Waals surface area contributed by atoms with Gasteiger partial charge in [0.25, 0.3) is 0 Å². The number of hydrogen-bond acceptors (Lipinski definition) is 2. The summed E-state index contributed by atoms with van der Waals surface area (Å²) < 4.78 is 0. The first kappa shape index (κ1) is 12.9. The van der Waals surface area contributed by atoms with Gasteiger partial charge in [-0.2, -0.15) is 0 Å². The topological polar surface area (TPSA) is 15.6 Å². The molecule has 0 aromatic heterocycles. The second-order valence-corrected chi connectivity index (χ2v) is 5.78. The molecule has 1 aliphatic heterocycles. The highest BCUT2D eigenvalue weighted by Crippen LogP contribution is 2.35. The summed E-state index contributed by atoms with van der Waals surface area (Å²) in [4.78, 5) is 7.32. The predicted octanol–water partition coefficient (Wildman–Crippen LogP) is 3.62. The van der Waals surface area contributed by atoms with Crippen molar-refractivity contribution in [3.63, 3.8) is 0 Å². The molecule has 1 atom stereocenters. The first-order valence-electron chi connectivity index (χ1n) is 7.72. The molecule has 0 saturated heterocycles. The Bertz CT molecular complexity index is 464. The third-order valence-electron chi connectivity index (χ3n) is 4.40. The molecular weight excluding hydrogens is 232 g/mol. The SMILES string of the molecule is CCCN(CC1=NCCC1)C1CCc2ccccc21. The highest BCUT2D eigenvalue weighted by atomic mass is 15.2. The molecule has 2 nitrogen and oxygen atoms in total. The van der Waals surface area contributed by atoms with Crippen LogP contribution >= 0.6 is 0 Å². The van der Waals surface area contributed by atoms with Crippen molar-refractivity contribution in [2.45, 2.75) is 45.1 Å². The van der Waals surface area contributed by atoms with Crippen LogP contribution < -0.4 is 0 Å². The molecule has 0 N–H and O–H groups in total. The number of aliphatic imine (C=N–C) groups is 1. The molecule has 0 amide bonds. The number of nitrogens with zero attached hydrogens (tertiary/aromatic N) is 2. The molecule has 2 aliphatic rings. The van der Waals surface area contributed by atoms with E-state index in [2.05, 4.69) is 41.1 Å². The summed E-state index contributed by atoms with van der Waals surface area (Å²) in [6.07, 6.45) is 6.23. The fourth-order valence-electron chi connectivity index (χ4n) is 3.51. The Morgan fingerprint density at radius 3 is 2.95 bits per heavy atom. The average molecular weight is 256 g/mol. The van der Waals surface area contributed by atoms with Gasteiger partial charge in [-0.25, -0.2) is 0 Å². The Balaban J connectivity index is 1.77. The summed E-state index contributed by atoms with van der Waals surface area (Å²) in [7, 11) is 0. The maximum absolute atomic E-state index is 4.66. The Hall–Kier alpha value is -1.15. The molecule has 19 heavy (non-hydrogen) atoms. The normalized spacial score (nSPS) is 21.8. The highest BCUT2D eigenvalue weighted by molar-refractivity contribution is 5.87. The van der Waals surface area contributed by atoms with Crippen LogP contribution in [0.3, 0.4) is 0 Å². The van der Waals surface area contributed by atoms with E-state index in [4.69, 9.17) is 0 Å². The van der Waals surface area contributed by atoms with E-state index in [-0.39, 0.29) is 0 Å². The summed E-state index contributed by atoms with van der Waals surface area (Å²) in [5, 5.41) is 0. The smallest absolute Gasteiger partial charge is 0.0392 e. The Labute approximate surface area is 116 Å². The van der Waals surface area contributed by atoms with Crippen LogP contribution in [0.15, 0.2) is 29.3 Å². The lowest BCUT2D eigenvalue weighted by atomic mass is 10.1. The van der Waals surface area contributed by atoms with Gasteiger partial charge in [0.2, 0.25) is 0 Å². The van der Waals surface area contributed by atoms with Gasteiger partial charge in [0.15, 0.2) is 0 Å². The fraction of sp³-hybridized carbons (Fsp3) is 0.588. The maximum Gasteiger partial charge on any atom is 0.0392 e. The van der Waals surface area contributed by atoms with E-state index in [0.29, 0.717) is 6.04 Å². The molecule has 0 bridgehead atoms. The van der Waals surface area contributed by atoms with E-state index in [1.807, 2.05) is 0 Å². The minimum atomic E-state index is 0.624. The monoisotopic (exact) mass is 256 g/mol. The minimum Gasteiger partial charge on any atom is -0.293 e. The third kappa shape index (κ3) is 2.74. The van der Waals surface area contributed by atoms with Crippen molar-refractivity contribution in [3.05, 3.63) is 35.4 Å². The zero-order valence-corrected chi connectivity index (χ0v) is 11.9. The first-order chi connectivity index (χ1) is 9.38. The quantitative estimate of drug-likeness (QED) is 0.785. The number of hydrogen-bond donors (Lipinski definition) is 0. The average Bonchev–Trinajstić information content (AvgIpc) is 3.07. The molecule has 0 saturated carbocycles. The zero-order chi connectivity index (χ0) is 13.1. The summed E-state index contributed by atoms with van der Waals surface area (Å²) in [6, 6.07) is 9.61. The van der Waals surface area contributed by atoms with Gasteiger partial charge in [0, 0.05) is 24.8 Å². The lowest BCUT2D eigenvalue weighted by Crippen LogP contribution is -2.33. The highest BCUT2D eigenvalue weighted by Gasteiger charge is 2.28. The second kappa shape index (κ2) is 5.87. The molecule has 102 valence electrons. The van der Waals surface area contributed by atoms with Crippen molar-refractivity contribution < 1.29 is 0 Å². The Morgan fingerprint density at radius 2 is 2.16 bits per heavy atom. The van der Waals surface area contributed by atoms with Crippen molar-refractivity contribution in [1.29, 1.82) is 0 Å². The van der Waals surface area contributed by atoms with Gasteiger partial charge < -0.3 is 0 Å². The lowest BCUT2D eigenvalue weighted by Gasteiger charge is -2.29. The van der Waals surface area contributed by atoms with Crippen LogP contribution in [0.25, 0.3) is 0 Å². The van der Waals surface area contributed by atoms with Gasteiger partial charge in [-0.3, -0.25) is 9.89 Å². The van der Waals surface area contributed by atoms with E-state index in [1.165, 1.54) is 44.4 Å². The van der Waals surface area contributed by atoms with Crippen LogP contribution in [0, 0.1) is 0 Å². The van der Waals surface area contributed by atoms with Gasteiger partial charge in [-0.1, -0.05) is 31.2 Å². The molecule has 1 aromatic carbocycles. The number of fused-ring (bicyclic) bond motifs is 1. The standard InChI is InChI=1S/C17H24N2/c1-2-12-19(13-15-7-5-11-18-15)17-10-9-14-6-3-4-8-16(14)17/h3-4,6,8,17H,2,5,7,9-13H2,1H3. The Morgan fingerprint density at radius 1 is 1.26 bits per heavy atom. The summed E-state index contributed by atoms with van der Waals surface area (Å²) in [5.74, 6) is 0. The van der Waals surface area contributed by atoms with Crippen molar-refractivity contribution in [3.8, 4) is 0 Å². The molecule has 3 rings (SSSR count). The summed E-state index contributed by atoms with van der Waals surface area (Å²) >= 11 is 0. The van der Waals surface area contributed by atoms with Crippen molar-refractivity contribution in [2.75, 3.05) is 19.6 Å². The number of aryl methyl sites for hydroxylation is 1. The Kier molecular flexibility index (Phi) is 3.97. The molecule has 1 heterocycles. The van der Waals surface area contributed by atoms with Crippen LogP contribution in [-0.4, -0.2) is 30.2 Å². The van der Waals surface area contributed by atoms with Crippen LogP contribution in [0.5, 0.6) is 0 Å².